The highest BCUT2D eigenvalue weighted by molar-refractivity contribution is 8.14. The molecular weight excluding hydrogens is 408 g/mol. The van der Waals surface area contributed by atoms with E-state index in [1.54, 1.807) is 17.8 Å². The first kappa shape index (κ1) is 21.5. The number of aryl methyl sites for hydroxylation is 1. The van der Waals surface area contributed by atoms with Crippen LogP contribution in [0.15, 0.2) is 47.5 Å². The fraction of sp³-hybridized carbons (Fsp3) is 0.263. The van der Waals surface area contributed by atoms with Crippen molar-refractivity contribution in [2.24, 2.45) is 4.99 Å². The van der Waals surface area contributed by atoms with Crippen LogP contribution >= 0.6 is 35.8 Å². The number of benzene rings is 2. The SMILES string of the molecule is Cc1ccc(N=C2SCC(CC(=O)Nc3ccc(Cl)cc3F)N2C)cc1.Cl. The smallest absolute Gasteiger partial charge is 0.226 e. The third-order valence-corrected chi connectivity index (χ3v) is 5.56. The highest BCUT2D eigenvalue weighted by Gasteiger charge is 2.29. The van der Waals surface area contributed by atoms with Crippen LogP contribution in [0.25, 0.3) is 0 Å². The molecular formula is C19H20Cl2FN3OS. The summed E-state index contributed by atoms with van der Waals surface area (Å²) in [6.07, 6.45) is 0.262. The molecule has 2 aromatic carbocycles. The van der Waals surface area contributed by atoms with Gasteiger partial charge in [-0.1, -0.05) is 41.1 Å². The number of rotatable bonds is 4. The maximum Gasteiger partial charge on any atom is 0.226 e. The number of amidine groups is 1. The Morgan fingerprint density at radius 1 is 1.33 bits per heavy atom. The van der Waals surface area contributed by atoms with Crippen molar-refractivity contribution in [3.8, 4) is 0 Å². The summed E-state index contributed by atoms with van der Waals surface area (Å²) in [7, 11) is 1.92. The van der Waals surface area contributed by atoms with Crippen LogP contribution in [0.5, 0.6) is 0 Å². The van der Waals surface area contributed by atoms with Crippen LogP contribution in [0.4, 0.5) is 15.8 Å². The molecule has 1 fully saturated rings. The summed E-state index contributed by atoms with van der Waals surface area (Å²) >= 11 is 7.34. The van der Waals surface area contributed by atoms with Crippen molar-refractivity contribution in [1.82, 2.24) is 4.90 Å². The third-order valence-electron chi connectivity index (χ3n) is 4.14. The lowest BCUT2D eigenvalue weighted by molar-refractivity contribution is -0.116. The van der Waals surface area contributed by atoms with E-state index in [1.807, 2.05) is 43.1 Å². The van der Waals surface area contributed by atoms with Crippen LogP contribution in [0.1, 0.15) is 12.0 Å². The summed E-state index contributed by atoms with van der Waals surface area (Å²) in [6, 6.07) is 12.2. The second-order valence-corrected chi connectivity index (χ2v) is 7.61. The highest BCUT2D eigenvalue weighted by atomic mass is 35.5. The minimum Gasteiger partial charge on any atom is -0.350 e. The van der Waals surface area contributed by atoms with E-state index in [0.717, 1.165) is 16.6 Å². The summed E-state index contributed by atoms with van der Waals surface area (Å²) in [5.74, 6) is -0.0144. The average Bonchev–Trinajstić information content (AvgIpc) is 2.93. The van der Waals surface area contributed by atoms with Gasteiger partial charge in [0.1, 0.15) is 5.82 Å². The second-order valence-electron chi connectivity index (χ2n) is 6.18. The van der Waals surface area contributed by atoms with E-state index in [1.165, 1.54) is 17.7 Å². The molecule has 1 amide bonds. The number of carbonyl (C=O) groups is 1. The van der Waals surface area contributed by atoms with Crippen molar-refractivity contribution in [2.75, 3.05) is 18.1 Å². The molecule has 1 heterocycles. The Kier molecular flexibility index (Phi) is 7.53. The van der Waals surface area contributed by atoms with Crippen LogP contribution in [0.3, 0.4) is 0 Å². The Morgan fingerprint density at radius 3 is 2.70 bits per heavy atom. The predicted octanol–water partition coefficient (Wildman–Crippen LogP) is 5.27. The van der Waals surface area contributed by atoms with Crippen LogP contribution < -0.4 is 5.32 Å². The van der Waals surface area contributed by atoms with Crippen LogP contribution in [-0.2, 0) is 4.79 Å². The van der Waals surface area contributed by atoms with Gasteiger partial charge in [0.15, 0.2) is 5.17 Å². The van der Waals surface area contributed by atoms with Gasteiger partial charge in [-0.15, -0.1) is 12.4 Å². The predicted molar refractivity (Wildman–Crippen MR) is 114 cm³/mol. The normalized spacial score (nSPS) is 17.7. The Hall–Kier alpha value is -1.76. The third kappa shape index (κ3) is 5.61. The zero-order valence-corrected chi connectivity index (χ0v) is 17.3. The first-order valence-electron chi connectivity index (χ1n) is 8.18. The molecule has 1 N–H and O–H groups in total. The van der Waals surface area contributed by atoms with Gasteiger partial charge in [0.25, 0.3) is 0 Å². The Balaban J connectivity index is 0.00000261. The lowest BCUT2D eigenvalue weighted by Gasteiger charge is -2.20. The summed E-state index contributed by atoms with van der Waals surface area (Å²) in [5.41, 5.74) is 2.21. The van der Waals surface area contributed by atoms with Crippen molar-refractivity contribution in [3.63, 3.8) is 0 Å². The number of nitrogens with one attached hydrogen (secondary N) is 1. The molecule has 1 aliphatic heterocycles. The quantitative estimate of drug-likeness (QED) is 0.722. The van der Waals surface area contributed by atoms with Crippen LogP contribution in [0, 0.1) is 12.7 Å². The van der Waals surface area contributed by atoms with Gasteiger partial charge in [0, 0.05) is 30.3 Å². The van der Waals surface area contributed by atoms with E-state index in [4.69, 9.17) is 11.6 Å². The molecule has 0 radical (unpaired) electrons. The van der Waals surface area contributed by atoms with Gasteiger partial charge in [-0.2, -0.15) is 0 Å². The molecule has 0 bridgehead atoms. The number of nitrogens with zero attached hydrogens (tertiary/aromatic N) is 2. The zero-order chi connectivity index (χ0) is 18.7. The monoisotopic (exact) mass is 427 g/mol. The number of halogens is 3. The largest absolute Gasteiger partial charge is 0.350 e. The lowest BCUT2D eigenvalue weighted by atomic mass is 10.2. The van der Waals surface area contributed by atoms with E-state index in [0.29, 0.717) is 5.02 Å². The molecule has 0 aliphatic carbocycles. The molecule has 2 aromatic rings. The molecule has 0 spiro atoms. The molecule has 0 aromatic heterocycles. The standard InChI is InChI=1S/C19H19ClFN3OS.ClH/c1-12-3-6-14(7-4-12)22-19-24(2)15(11-26-19)10-18(25)23-17-8-5-13(20)9-16(17)21;/h3-9,15H,10-11H2,1-2H3,(H,23,25);1H. The van der Waals surface area contributed by atoms with Gasteiger partial charge in [0.05, 0.1) is 11.4 Å². The Morgan fingerprint density at radius 2 is 2.04 bits per heavy atom. The first-order valence-corrected chi connectivity index (χ1v) is 9.54. The van der Waals surface area contributed by atoms with E-state index < -0.39 is 5.82 Å². The van der Waals surface area contributed by atoms with E-state index >= 15 is 0 Å². The summed E-state index contributed by atoms with van der Waals surface area (Å²) < 4.78 is 13.8. The number of anilines is 1. The topological polar surface area (TPSA) is 44.7 Å². The molecule has 3 rings (SSSR count). The van der Waals surface area contributed by atoms with Gasteiger partial charge in [-0.3, -0.25) is 4.79 Å². The molecule has 1 atom stereocenters. The van der Waals surface area contributed by atoms with Crippen molar-refractivity contribution in [2.45, 2.75) is 19.4 Å². The summed E-state index contributed by atoms with van der Waals surface area (Å²) in [5, 5.41) is 3.78. The van der Waals surface area contributed by atoms with Crippen molar-refractivity contribution >= 4 is 58.2 Å². The van der Waals surface area contributed by atoms with E-state index in [2.05, 4.69) is 10.3 Å². The van der Waals surface area contributed by atoms with Gasteiger partial charge >= 0.3 is 0 Å². The number of hydrogen-bond donors (Lipinski definition) is 1. The van der Waals surface area contributed by atoms with Gasteiger partial charge in [-0.25, -0.2) is 9.38 Å². The molecule has 4 nitrogen and oxygen atoms in total. The van der Waals surface area contributed by atoms with Crippen molar-refractivity contribution < 1.29 is 9.18 Å². The van der Waals surface area contributed by atoms with Crippen LogP contribution in [-0.4, -0.2) is 34.8 Å². The Bertz CT molecular complexity index is 845. The summed E-state index contributed by atoms with van der Waals surface area (Å²) in [4.78, 5) is 18.9. The highest BCUT2D eigenvalue weighted by Crippen LogP contribution is 2.28. The second kappa shape index (κ2) is 9.44. The number of amides is 1. The summed E-state index contributed by atoms with van der Waals surface area (Å²) in [6.45, 7) is 2.03. The molecule has 1 unspecified atom stereocenters. The van der Waals surface area contributed by atoms with Crippen LogP contribution in [0.2, 0.25) is 5.02 Å². The number of carbonyl (C=O) groups excluding carboxylic acids is 1. The maximum absolute atomic E-state index is 13.8. The van der Waals surface area contributed by atoms with E-state index in [9.17, 15) is 9.18 Å². The molecule has 1 aliphatic rings. The van der Waals surface area contributed by atoms with Crippen molar-refractivity contribution in [1.29, 1.82) is 0 Å². The van der Waals surface area contributed by atoms with E-state index in [-0.39, 0.29) is 36.5 Å². The molecule has 27 heavy (non-hydrogen) atoms. The first-order chi connectivity index (χ1) is 12.4. The minimum atomic E-state index is -0.540. The molecule has 144 valence electrons. The number of thioether (sulfide) groups is 1. The fourth-order valence-electron chi connectivity index (χ4n) is 2.58. The maximum atomic E-state index is 13.8. The molecule has 1 saturated heterocycles. The Labute approximate surface area is 173 Å². The number of aliphatic imine (C=N–C) groups is 1. The lowest BCUT2D eigenvalue weighted by Crippen LogP contribution is -2.33. The number of hydrogen-bond acceptors (Lipinski definition) is 3. The molecule has 8 heteroatoms. The average molecular weight is 428 g/mol. The van der Waals surface area contributed by atoms with Crippen molar-refractivity contribution in [3.05, 3.63) is 58.9 Å². The van der Waals surface area contributed by atoms with Gasteiger partial charge < -0.3 is 10.2 Å². The van der Waals surface area contributed by atoms with Gasteiger partial charge in [0.2, 0.25) is 5.91 Å². The van der Waals surface area contributed by atoms with Gasteiger partial charge in [-0.05, 0) is 37.3 Å². The fourth-order valence-corrected chi connectivity index (χ4v) is 3.95. The molecule has 0 saturated carbocycles. The minimum absolute atomic E-state index is 0. The zero-order valence-electron chi connectivity index (χ0n) is 14.9.